The van der Waals surface area contributed by atoms with Crippen LogP contribution in [-0.2, 0) is 0 Å². The Labute approximate surface area is 232 Å². The van der Waals surface area contributed by atoms with Crippen molar-refractivity contribution in [3.63, 3.8) is 0 Å². The van der Waals surface area contributed by atoms with Crippen molar-refractivity contribution in [1.82, 2.24) is 31.9 Å². The van der Waals surface area contributed by atoms with Gasteiger partial charge in [0.25, 0.3) is 0 Å². The molecule has 0 spiro atoms. The van der Waals surface area contributed by atoms with E-state index in [1.54, 1.807) is 0 Å². The highest BCUT2D eigenvalue weighted by atomic mass is 15.0. The standard InChI is InChI=1S/C14H35N5.C4H13N3.C4H12N2.C2H7N.C2H6/c1-2-3-4-5-7-16-9-11-18-13-14-19-12-10-17-8-6-15;5-1-3-7-4-2-6;1-2-6-4-3-5;1-2-3;1-2/h16-19H,2-15H2,1H3;7H,1-6H2;6H,2-5H2,1H3;2-3H2,1H3;1-2H3. The fourth-order valence-corrected chi connectivity index (χ4v) is 2.42. The fourth-order valence-electron chi connectivity index (χ4n) is 2.42. The first kappa shape index (κ1) is 46.4. The second-order valence-electron chi connectivity index (χ2n) is 7.73. The second-order valence-corrected chi connectivity index (χ2v) is 7.73. The lowest BCUT2D eigenvalue weighted by atomic mass is 10.2. The molecule has 0 aromatic carbocycles. The predicted molar refractivity (Wildman–Crippen MR) is 169 cm³/mol. The van der Waals surface area contributed by atoms with Gasteiger partial charge in [0, 0.05) is 91.6 Å². The van der Waals surface area contributed by atoms with Crippen LogP contribution in [0.1, 0.15) is 60.3 Å². The molecule has 0 unspecified atom stereocenters. The summed E-state index contributed by atoms with van der Waals surface area (Å²) in [7, 11) is 0. The molecule has 232 valence electrons. The largest absolute Gasteiger partial charge is 0.331 e. The summed E-state index contributed by atoms with van der Waals surface area (Å²) in [6.45, 7) is 25.8. The van der Waals surface area contributed by atoms with E-state index in [0.717, 1.165) is 91.6 Å². The molecule has 0 fully saturated rings. The molecule has 37 heavy (non-hydrogen) atoms. The third-order valence-corrected chi connectivity index (χ3v) is 4.18. The quantitative estimate of drug-likeness (QED) is 0.0705. The lowest BCUT2D eigenvalue weighted by molar-refractivity contribution is 0.554. The van der Waals surface area contributed by atoms with Gasteiger partial charge in [0.15, 0.2) is 0 Å². The van der Waals surface area contributed by atoms with Gasteiger partial charge in [0.1, 0.15) is 0 Å². The Balaban J connectivity index is -0.000000155. The van der Waals surface area contributed by atoms with Crippen molar-refractivity contribution < 1.29 is 0 Å². The molecule has 0 atom stereocenters. The Morgan fingerprint density at radius 1 is 0.378 bits per heavy atom. The van der Waals surface area contributed by atoms with Gasteiger partial charge < -0.3 is 60.6 Å². The zero-order chi connectivity index (χ0) is 29.1. The third kappa shape index (κ3) is 78.7. The fraction of sp³-hybridized carbons (Fsp3) is 1.00. The highest BCUT2D eigenvalue weighted by Gasteiger charge is 1.90. The summed E-state index contributed by atoms with van der Waals surface area (Å²) in [5.41, 5.74) is 25.7. The molecule has 0 heterocycles. The minimum atomic E-state index is 0.694. The van der Waals surface area contributed by atoms with E-state index in [1.807, 2.05) is 20.8 Å². The number of unbranched alkanes of at least 4 members (excludes halogenated alkanes) is 3. The maximum absolute atomic E-state index is 5.38. The number of nitrogens with one attached hydrogen (secondary N) is 6. The van der Waals surface area contributed by atoms with Gasteiger partial charge in [-0.1, -0.05) is 53.9 Å². The van der Waals surface area contributed by atoms with Gasteiger partial charge in [-0.05, 0) is 26.1 Å². The molecule has 16 N–H and O–H groups in total. The summed E-state index contributed by atoms with van der Waals surface area (Å²) in [5.74, 6) is 0. The maximum Gasteiger partial charge on any atom is 0.00772 e. The van der Waals surface area contributed by atoms with Crippen molar-refractivity contribution in [2.45, 2.75) is 60.3 Å². The molecular weight excluding hydrogens is 466 g/mol. The highest BCUT2D eigenvalue weighted by Crippen LogP contribution is 1.96. The van der Waals surface area contributed by atoms with Gasteiger partial charge in [-0.2, -0.15) is 0 Å². The third-order valence-electron chi connectivity index (χ3n) is 4.18. The monoisotopic (exact) mass is 540 g/mol. The van der Waals surface area contributed by atoms with Crippen LogP contribution in [0.4, 0.5) is 0 Å². The van der Waals surface area contributed by atoms with Gasteiger partial charge >= 0.3 is 0 Å². The lowest BCUT2D eigenvalue weighted by Crippen LogP contribution is -2.36. The molecule has 0 aliphatic rings. The molecule has 0 amide bonds. The smallest absolute Gasteiger partial charge is 0.00772 e. The summed E-state index contributed by atoms with van der Waals surface area (Å²) < 4.78 is 0. The molecule has 0 aliphatic carbocycles. The van der Waals surface area contributed by atoms with Gasteiger partial charge in [-0.3, -0.25) is 0 Å². The Morgan fingerprint density at radius 2 is 0.676 bits per heavy atom. The predicted octanol–water partition coefficient (Wildman–Crippen LogP) is -1.08. The van der Waals surface area contributed by atoms with E-state index in [1.165, 1.54) is 25.7 Å². The lowest BCUT2D eigenvalue weighted by Gasteiger charge is -2.08. The van der Waals surface area contributed by atoms with Crippen molar-refractivity contribution in [1.29, 1.82) is 0 Å². The van der Waals surface area contributed by atoms with Crippen LogP contribution in [0.25, 0.3) is 0 Å². The maximum atomic E-state index is 5.38. The van der Waals surface area contributed by atoms with Crippen LogP contribution in [0.3, 0.4) is 0 Å². The van der Waals surface area contributed by atoms with Crippen LogP contribution in [0, 0.1) is 0 Å². The van der Waals surface area contributed by atoms with Crippen molar-refractivity contribution in [3.8, 4) is 0 Å². The molecule has 0 aliphatic heterocycles. The SMILES string of the molecule is CC.CCCCCCNCCNCCNCCNCCN.CCN.CCNCCN.NCCNCCN. The summed E-state index contributed by atoms with van der Waals surface area (Å²) >= 11 is 0. The van der Waals surface area contributed by atoms with Gasteiger partial charge in [-0.25, -0.2) is 0 Å². The van der Waals surface area contributed by atoms with Crippen molar-refractivity contribution >= 4 is 0 Å². The first-order valence-electron chi connectivity index (χ1n) is 14.9. The van der Waals surface area contributed by atoms with Gasteiger partial charge in [0.05, 0.1) is 0 Å². The summed E-state index contributed by atoms with van der Waals surface area (Å²) in [6.07, 6.45) is 5.35. The van der Waals surface area contributed by atoms with Crippen LogP contribution < -0.4 is 60.6 Å². The minimum Gasteiger partial charge on any atom is -0.331 e. The summed E-state index contributed by atoms with van der Waals surface area (Å²) in [4.78, 5) is 0. The van der Waals surface area contributed by atoms with Gasteiger partial charge in [0.2, 0.25) is 0 Å². The first-order valence-corrected chi connectivity index (χ1v) is 14.9. The first-order chi connectivity index (χ1) is 18.2. The number of rotatable bonds is 23. The minimum absolute atomic E-state index is 0.694. The van der Waals surface area contributed by atoms with Crippen LogP contribution in [0.15, 0.2) is 0 Å². The number of hydrogen-bond acceptors (Lipinski definition) is 11. The Morgan fingerprint density at radius 3 is 0.973 bits per heavy atom. The summed E-state index contributed by atoms with van der Waals surface area (Å²) in [6, 6.07) is 0. The molecule has 0 aromatic rings. The normalized spacial score (nSPS) is 9.57. The number of nitrogens with two attached hydrogens (primary N) is 5. The molecule has 11 nitrogen and oxygen atoms in total. The van der Waals surface area contributed by atoms with E-state index < -0.39 is 0 Å². The molecule has 0 radical (unpaired) electrons. The molecule has 0 aromatic heterocycles. The molecule has 0 saturated heterocycles. The molecule has 0 saturated carbocycles. The van der Waals surface area contributed by atoms with E-state index in [0.29, 0.717) is 19.6 Å². The number of hydrogen-bond donors (Lipinski definition) is 11. The van der Waals surface area contributed by atoms with Gasteiger partial charge in [-0.15, -0.1) is 0 Å². The van der Waals surface area contributed by atoms with Crippen molar-refractivity contribution in [2.75, 3.05) is 111 Å². The summed E-state index contributed by atoms with van der Waals surface area (Å²) in [5, 5.41) is 19.6. The zero-order valence-electron chi connectivity index (χ0n) is 25.7. The number of likely N-dealkylation sites (N-methyl/N-ethyl adjacent to an activating group) is 1. The van der Waals surface area contributed by atoms with E-state index in [4.69, 9.17) is 28.7 Å². The molecule has 11 heteroatoms. The topological polar surface area (TPSA) is 202 Å². The van der Waals surface area contributed by atoms with E-state index in [-0.39, 0.29) is 0 Å². The van der Waals surface area contributed by atoms with Crippen LogP contribution in [0.2, 0.25) is 0 Å². The molecular formula is C26H73N11. The van der Waals surface area contributed by atoms with E-state index >= 15 is 0 Å². The average molecular weight is 540 g/mol. The van der Waals surface area contributed by atoms with Crippen LogP contribution in [-0.4, -0.2) is 111 Å². The molecule has 0 rings (SSSR count). The van der Waals surface area contributed by atoms with Crippen LogP contribution >= 0.6 is 0 Å². The average Bonchev–Trinajstić information content (AvgIpc) is 2.92. The Bertz CT molecular complexity index is 265. The van der Waals surface area contributed by atoms with Crippen molar-refractivity contribution in [3.05, 3.63) is 0 Å². The van der Waals surface area contributed by atoms with Crippen molar-refractivity contribution in [2.24, 2.45) is 28.7 Å². The Kier molecular flexibility index (Phi) is 75.5. The highest BCUT2D eigenvalue weighted by molar-refractivity contribution is 4.57. The second kappa shape index (κ2) is 60.2. The van der Waals surface area contributed by atoms with Crippen LogP contribution in [0.5, 0.6) is 0 Å². The zero-order valence-corrected chi connectivity index (χ0v) is 25.7. The molecule has 0 bridgehead atoms. The Hall–Kier alpha value is -0.440. The van der Waals surface area contributed by atoms with E-state index in [9.17, 15) is 0 Å². The van der Waals surface area contributed by atoms with E-state index in [2.05, 4.69) is 45.7 Å².